The van der Waals surface area contributed by atoms with Crippen LogP contribution in [-0.4, -0.2) is 6.04 Å². The molecule has 1 N–H and O–H groups in total. The first-order valence-corrected chi connectivity index (χ1v) is 7.07. The molecular weight excluding hydrogens is 202 g/mol. The summed E-state index contributed by atoms with van der Waals surface area (Å²) in [4.78, 5) is 1.50. The lowest BCUT2D eigenvalue weighted by atomic mass is 9.94. The highest BCUT2D eigenvalue weighted by molar-refractivity contribution is 7.10. The van der Waals surface area contributed by atoms with E-state index in [1.807, 2.05) is 11.3 Å². The molecule has 1 aliphatic carbocycles. The van der Waals surface area contributed by atoms with Gasteiger partial charge in [-0.15, -0.1) is 11.3 Å². The number of hydrogen-bond acceptors (Lipinski definition) is 2. The molecule has 0 saturated heterocycles. The monoisotopic (exact) mass is 223 g/mol. The van der Waals surface area contributed by atoms with Crippen molar-refractivity contribution < 1.29 is 0 Å². The second-order valence-corrected chi connectivity index (χ2v) is 5.46. The Balaban J connectivity index is 1.90. The van der Waals surface area contributed by atoms with Crippen molar-refractivity contribution in [3.63, 3.8) is 0 Å². The fourth-order valence-corrected chi connectivity index (χ4v) is 3.31. The fraction of sp³-hybridized carbons (Fsp3) is 0.692. The summed E-state index contributed by atoms with van der Waals surface area (Å²) in [5.41, 5.74) is 0. The van der Waals surface area contributed by atoms with Gasteiger partial charge in [-0.2, -0.15) is 0 Å². The highest BCUT2D eigenvalue weighted by Gasteiger charge is 2.18. The third-order valence-electron chi connectivity index (χ3n) is 3.34. The molecule has 0 amide bonds. The standard InChI is InChI=1S/C13H21NS/c1-2-12(13-9-6-10-15-13)14-11-7-4-3-5-8-11/h6,9-12,14H,2-5,7-8H2,1H3. The van der Waals surface area contributed by atoms with Crippen LogP contribution in [-0.2, 0) is 0 Å². The Bertz CT molecular complexity index is 262. The minimum absolute atomic E-state index is 0.591. The molecule has 1 aromatic rings. The predicted molar refractivity (Wildman–Crippen MR) is 67.4 cm³/mol. The van der Waals surface area contributed by atoms with Gasteiger partial charge in [-0.1, -0.05) is 32.3 Å². The van der Waals surface area contributed by atoms with Crippen molar-refractivity contribution in [3.05, 3.63) is 22.4 Å². The summed E-state index contributed by atoms with van der Waals surface area (Å²) in [7, 11) is 0. The lowest BCUT2D eigenvalue weighted by Gasteiger charge is -2.27. The lowest BCUT2D eigenvalue weighted by molar-refractivity contribution is 0.336. The second-order valence-electron chi connectivity index (χ2n) is 4.48. The van der Waals surface area contributed by atoms with Crippen molar-refractivity contribution in [3.8, 4) is 0 Å². The van der Waals surface area contributed by atoms with Crippen molar-refractivity contribution in [2.24, 2.45) is 0 Å². The molecule has 1 saturated carbocycles. The lowest BCUT2D eigenvalue weighted by Crippen LogP contribution is -2.33. The summed E-state index contributed by atoms with van der Waals surface area (Å²) in [5, 5.41) is 6.00. The van der Waals surface area contributed by atoms with E-state index in [9.17, 15) is 0 Å². The van der Waals surface area contributed by atoms with Crippen LogP contribution in [0.1, 0.15) is 56.4 Å². The summed E-state index contributed by atoms with van der Waals surface area (Å²) in [5.74, 6) is 0. The molecule has 1 aliphatic rings. The van der Waals surface area contributed by atoms with Gasteiger partial charge in [0.1, 0.15) is 0 Å². The van der Waals surface area contributed by atoms with Gasteiger partial charge in [0.05, 0.1) is 0 Å². The van der Waals surface area contributed by atoms with Gasteiger partial charge >= 0.3 is 0 Å². The first kappa shape index (κ1) is 11.2. The molecule has 0 aromatic carbocycles. The van der Waals surface area contributed by atoms with Gasteiger partial charge in [-0.3, -0.25) is 0 Å². The maximum absolute atomic E-state index is 3.82. The Hall–Kier alpha value is -0.340. The van der Waals surface area contributed by atoms with Crippen molar-refractivity contribution in [1.29, 1.82) is 0 Å². The third-order valence-corrected chi connectivity index (χ3v) is 4.32. The summed E-state index contributed by atoms with van der Waals surface area (Å²) < 4.78 is 0. The molecule has 1 unspecified atom stereocenters. The quantitative estimate of drug-likeness (QED) is 0.809. The van der Waals surface area contributed by atoms with E-state index in [4.69, 9.17) is 0 Å². The Kier molecular flexibility index (Phi) is 4.21. The molecule has 0 bridgehead atoms. The van der Waals surface area contributed by atoms with Crippen LogP contribution in [0.5, 0.6) is 0 Å². The van der Waals surface area contributed by atoms with Crippen molar-refractivity contribution >= 4 is 11.3 Å². The average Bonchev–Trinajstić information content (AvgIpc) is 2.81. The average molecular weight is 223 g/mol. The van der Waals surface area contributed by atoms with E-state index in [1.54, 1.807) is 0 Å². The van der Waals surface area contributed by atoms with Gasteiger partial charge in [0.2, 0.25) is 0 Å². The maximum atomic E-state index is 3.82. The van der Waals surface area contributed by atoms with Crippen LogP contribution in [0.15, 0.2) is 17.5 Å². The van der Waals surface area contributed by atoms with E-state index >= 15 is 0 Å². The number of nitrogens with one attached hydrogen (secondary N) is 1. The first-order chi connectivity index (χ1) is 7.40. The highest BCUT2D eigenvalue weighted by atomic mass is 32.1. The highest BCUT2D eigenvalue weighted by Crippen LogP contribution is 2.25. The Morgan fingerprint density at radius 3 is 2.80 bits per heavy atom. The van der Waals surface area contributed by atoms with Crippen molar-refractivity contribution in [1.82, 2.24) is 5.32 Å². The molecule has 1 aromatic heterocycles. The summed E-state index contributed by atoms with van der Waals surface area (Å²) in [6.45, 7) is 2.28. The molecule has 1 fully saturated rings. The molecule has 0 spiro atoms. The minimum Gasteiger partial charge on any atom is -0.306 e. The summed E-state index contributed by atoms with van der Waals surface area (Å²) >= 11 is 1.88. The van der Waals surface area contributed by atoms with Gasteiger partial charge < -0.3 is 5.32 Å². The van der Waals surface area contributed by atoms with Gasteiger partial charge in [-0.05, 0) is 30.7 Å². The fourth-order valence-electron chi connectivity index (χ4n) is 2.44. The zero-order valence-corrected chi connectivity index (χ0v) is 10.4. The molecule has 0 radical (unpaired) electrons. The van der Waals surface area contributed by atoms with E-state index in [1.165, 1.54) is 43.4 Å². The summed E-state index contributed by atoms with van der Waals surface area (Å²) in [6.07, 6.45) is 8.23. The van der Waals surface area contributed by atoms with Gasteiger partial charge in [-0.25, -0.2) is 0 Å². The number of hydrogen-bond donors (Lipinski definition) is 1. The topological polar surface area (TPSA) is 12.0 Å². The van der Waals surface area contributed by atoms with E-state index in [0.717, 1.165) is 6.04 Å². The smallest absolute Gasteiger partial charge is 0.0414 e. The number of rotatable bonds is 4. The SMILES string of the molecule is CCC(NC1CCCCC1)c1cccs1. The minimum atomic E-state index is 0.591. The van der Waals surface area contributed by atoms with Crippen molar-refractivity contribution in [2.45, 2.75) is 57.5 Å². The van der Waals surface area contributed by atoms with Crippen LogP contribution >= 0.6 is 11.3 Å². The van der Waals surface area contributed by atoms with Crippen LogP contribution in [0.2, 0.25) is 0 Å². The zero-order valence-electron chi connectivity index (χ0n) is 9.54. The second kappa shape index (κ2) is 5.66. The maximum Gasteiger partial charge on any atom is 0.0414 e. The van der Waals surface area contributed by atoms with Crippen LogP contribution in [0.3, 0.4) is 0 Å². The molecular formula is C13H21NS. The van der Waals surface area contributed by atoms with Crippen molar-refractivity contribution in [2.75, 3.05) is 0 Å². The van der Waals surface area contributed by atoms with E-state index in [-0.39, 0.29) is 0 Å². The van der Waals surface area contributed by atoms with Crippen LogP contribution in [0.4, 0.5) is 0 Å². The molecule has 1 atom stereocenters. The molecule has 0 aliphatic heterocycles. The Morgan fingerprint density at radius 1 is 1.40 bits per heavy atom. The van der Waals surface area contributed by atoms with Crippen LogP contribution in [0.25, 0.3) is 0 Å². The molecule has 84 valence electrons. The normalized spacial score (nSPS) is 20.3. The van der Waals surface area contributed by atoms with Crippen LogP contribution < -0.4 is 5.32 Å². The van der Waals surface area contributed by atoms with E-state index in [2.05, 4.69) is 29.8 Å². The molecule has 1 nitrogen and oxygen atoms in total. The first-order valence-electron chi connectivity index (χ1n) is 6.19. The molecule has 1 heterocycles. The Morgan fingerprint density at radius 2 is 2.20 bits per heavy atom. The van der Waals surface area contributed by atoms with Gasteiger partial charge in [0, 0.05) is 17.0 Å². The molecule has 2 heteroatoms. The van der Waals surface area contributed by atoms with Gasteiger partial charge in [0.25, 0.3) is 0 Å². The molecule has 15 heavy (non-hydrogen) atoms. The van der Waals surface area contributed by atoms with Gasteiger partial charge in [0.15, 0.2) is 0 Å². The van der Waals surface area contributed by atoms with E-state index < -0.39 is 0 Å². The number of thiophene rings is 1. The van der Waals surface area contributed by atoms with E-state index in [0.29, 0.717) is 6.04 Å². The zero-order chi connectivity index (χ0) is 10.5. The predicted octanol–water partition coefficient (Wildman–Crippen LogP) is 4.12. The van der Waals surface area contributed by atoms with Crippen LogP contribution in [0, 0.1) is 0 Å². The largest absolute Gasteiger partial charge is 0.306 e. The third kappa shape index (κ3) is 3.05. The Labute approximate surface area is 96.9 Å². The molecule has 2 rings (SSSR count). The summed E-state index contributed by atoms with van der Waals surface area (Å²) in [6, 6.07) is 5.78.